The van der Waals surface area contributed by atoms with Crippen molar-refractivity contribution in [3.63, 3.8) is 0 Å². The lowest BCUT2D eigenvalue weighted by Crippen LogP contribution is -2.05. The Morgan fingerprint density at radius 1 is 0.226 bits per heavy atom. The first kappa shape index (κ1) is 47.7. The standard InChI is InChI=1S/H4O51P2/c1-5-7-9-11-13-15-17-18-19-20-21-22-23-24-25-26-27-28-29-33-37-41-45-49-53(4)51-47-43-39-35-31-30-34-38-42-46-50-52(3)48-44-40-36-32-16-14-12-10-8-6-2/h1-2,52-53H/i52T,53T. The van der Waals surface area contributed by atoms with Gasteiger partial charge in [-0.25, -0.2) is 10.5 Å². The molecule has 2 unspecified atom stereocenters. The van der Waals surface area contributed by atoms with Gasteiger partial charge in [-0.2, -0.15) is 0 Å². The zero-order valence-corrected chi connectivity index (χ0v) is 23.6. The van der Waals surface area contributed by atoms with Crippen LogP contribution < -0.4 is 0 Å². The largest absolute Gasteiger partial charge is 0.380 e. The Kier molecular flexibility index (Phi) is 41.9. The Bertz CT molecular complexity index is 826. The van der Waals surface area contributed by atoms with Gasteiger partial charge in [-0.05, 0) is 181 Å². The van der Waals surface area contributed by atoms with Crippen LogP contribution in [0.3, 0.4) is 0 Å². The van der Waals surface area contributed by atoms with E-state index in [9.17, 15) is 9.13 Å². The minimum absolute atomic E-state index is 2.86. The lowest BCUT2D eigenvalue weighted by Gasteiger charge is -2.01. The molecule has 0 aromatic heterocycles. The molecule has 2 atom stereocenters. The van der Waals surface area contributed by atoms with Gasteiger partial charge in [0, 0.05) is 35.3 Å². The Morgan fingerprint density at radius 2 is 0.340 bits per heavy atom. The highest BCUT2D eigenvalue weighted by atomic mass is 31.1. The summed E-state index contributed by atoms with van der Waals surface area (Å²) in [5.41, 5.74) is 0. The second-order valence-electron chi connectivity index (χ2n) is 3.68. The van der Waals surface area contributed by atoms with Crippen molar-refractivity contribution in [3.05, 3.63) is 0 Å². The average molecular weight is 886 g/mol. The van der Waals surface area contributed by atoms with Crippen molar-refractivity contribution < 1.29 is 255 Å². The van der Waals surface area contributed by atoms with Gasteiger partial charge in [0.2, 0.25) is 0 Å². The highest BCUT2D eigenvalue weighted by Crippen LogP contribution is 2.25. The van der Waals surface area contributed by atoms with Crippen LogP contribution in [-0.4, -0.2) is 13.1 Å². The Hall–Kier alpha value is -1.50. The molecule has 53 heteroatoms. The fourth-order valence-electron chi connectivity index (χ4n) is 0.596. The first-order chi connectivity index (χ1) is 26.8. The molecule has 0 aromatic rings. The van der Waals surface area contributed by atoms with Crippen molar-refractivity contribution in [1.82, 2.24) is 0 Å². The molecule has 0 saturated carbocycles. The van der Waals surface area contributed by atoms with E-state index in [1.54, 1.807) is 0 Å². The normalized spacial score (nSPS) is 14.6. The van der Waals surface area contributed by atoms with Gasteiger partial charge in [-0.15, -0.1) is 18.7 Å². The Labute approximate surface area is 275 Å². The molecule has 2 N–H and O–H groups in total. The van der Waals surface area contributed by atoms with Crippen molar-refractivity contribution in [2.45, 2.75) is 0 Å². The van der Waals surface area contributed by atoms with Crippen molar-refractivity contribution in [1.29, 1.82) is 2.56 Å². The van der Waals surface area contributed by atoms with E-state index in [-0.39, 0.29) is 0 Å². The third kappa shape index (κ3) is 46.6. The van der Waals surface area contributed by atoms with Crippen molar-refractivity contribution >= 4 is 16.4 Å². The fraction of sp³-hybridized carbons (Fsp3) is 0. The molecule has 0 aliphatic heterocycles. The van der Waals surface area contributed by atoms with Gasteiger partial charge in [-0.1, -0.05) is 0 Å². The third-order valence-electron chi connectivity index (χ3n) is 1.48. The van der Waals surface area contributed by atoms with Gasteiger partial charge in [0.25, 0.3) is 0 Å². The second-order valence-corrected chi connectivity index (χ2v) is 5.17. The molecule has 0 amide bonds. The van der Waals surface area contributed by atoms with Gasteiger partial charge in [-0.3, -0.25) is 9.13 Å². The van der Waals surface area contributed by atoms with Gasteiger partial charge >= 0.3 is 16.4 Å². The maximum absolute atomic E-state index is 11.3. The highest BCUT2D eigenvalue weighted by molar-refractivity contribution is 7.33. The van der Waals surface area contributed by atoms with Crippen LogP contribution in [0.4, 0.5) is 0 Å². The van der Waals surface area contributed by atoms with Crippen molar-refractivity contribution in [2.24, 2.45) is 0 Å². The van der Waals surface area contributed by atoms with Gasteiger partial charge in [0.15, 0.2) is 2.56 Å². The molecule has 0 heterocycles. The molecule has 0 fully saturated rings. The van der Waals surface area contributed by atoms with Crippen LogP contribution in [0.5, 0.6) is 0 Å². The lowest BCUT2D eigenvalue weighted by atomic mass is 14.0. The van der Waals surface area contributed by atoms with E-state index >= 15 is 0 Å². The smallest absolute Gasteiger partial charge is 0.258 e. The molecule has 0 aliphatic rings. The molecule has 53 heavy (non-hydrogen) atoms. The van der Waals surface area contributed by atoms with Crippen molar-refractivity contribution in [3.8, 4) is 0 Å². The quantitative estimate of drug-likeness (QED) is 0.0282. The molecule has 0 radical (unpaired) electrons. The summed E-state index contributed by atoms with van der Waals surface area (Å²) in [6, 6.07) is 0. The Balaban J connectivity index is 3.36. The molecule has 0 aromatic carbocycles. The molecule has 0 saturated heterocycles. The molecular weight excluding hydrogens is 878 g/mol. The maximum atomic E-state index is 11.3. The number of hydrogen-bond donors (Lipinski definition) is 2. The highest BCUT2D eigenvalue weighted by Gasteiger charge is 2.08. The van der Waals surface area contributed by atoms with Crippen LogP contribution in [0.1, 0.15) is 0 Å². The predicted molar refractivity (Wildman–Crippen MR) is 74.3 cm³/mol. The van der Waals surface area contributed by atoms with Gasteiger partial charge < -0.3 is 0 Å². The van der Waals surface area contributed by atoms with Crippen LogP contribution in [-0.2, 0) is 244 Å². The summed E-state index contributed by atoms with van der Waals surface area (Å²) in [6.07, 6.45) is 0. The van der Waals surface area contributed by atoms with E-state index in [4.69, 9.17) is 13.1 Å². The predicted octanol–water partition coefficient (Wildman–Crippen LogP) is -2.25. The first-order valence-corrected chi connectivity index (χ1v) is 11.0. The van der Waals surface area contributed by atoms with E-state index in [2.05, 4.69) is 235 Å². The molecule has 51 nitrogen and oxygen atoms in total. The topological polar surface area (TPSA) is 508 Å². The summed E-state index contributed by atoms with van der Waals surface area (Å²) < 4.78 is 50.7. The van der Waals surface area contributed by atoms with E-state index in [1.807, 2.05) is 0 Å². The van der Waals surface area contributed by atoms with Crippen LogP contribution in [0, 0.1) is 0 Å². The lowest BCUT2D eigenvalue weighted by molar-refractivity contribution is -0.900. The number of rotatable bonds is 48. The van der Waals surface area contributed by atoms with E-state index in [0.717, 1.165) is 0 Å². The van der Waals surface area contributed by atoms with E-state index in [0.29, 0.717) is 0 Å². The van der Waals surface area contributed by atoms with Crippen LogP contribution in [0.15, 0.2) is 0 Å². The van der Waals surface area contributed by atoms with Crippen molar-refractivity contribution in [2.75, 3.05) is 0 Å². The van der Waals surface area contributed by atoms with E-state index < -0.39 is 16.4 Å². The summed E-state index contributed by atoms with van der Waals surface area (Å²) in [5, 5.41) is 162. The third-order valence-corrected chi connectivity index (χ3v) is 2.21. The molecule has 0 aliphatic carbocycles. The summed E-state index contributed by atoms with van der Waals surface area (Å²) >= 11 is 0. The molecule has 0 spiro atoms. The maximum Gasteiger partial charge on any atom is 0.380 e. The van der Waals surface area contributed by atoms with Gasteiger partial charge in [0.1, 0.15) is 0 Å². The van der Waals surface area contributed by atoms with Crippen LogP contribution in [0.25, 0.3) is 0 Å². The molecule has 320 valence electrons. The monoisotopic (exact) mass is 886 g/mol. The minimum atomic E-state index is -5.10. The average Bonchev–Trinajstić information content (AvgIpc) is 3.16. The summed E-state index contributed by atoms with van der Waals surface area (Å²) in [5.74, 6) is 0. The summed E-state index contributed by atoms with van der Waals surface area (Å²) in [6.45, 7) is 0. The minimum Gasteiger partial charge on any atom is -0.258 e. The summed E-state index contributed by atoms with van der Waals surface area (Å²) in [4.78, 5) is 0. The zero-order chi connectivity index (χ0) is 40.2. The Morgan fingerprint density at radius 3 is 0.472 bits per heavy atom. The molecular formula is H4O51P2. The fourth-order valence-corrected chi connectivity index (χ4v) is 0.944. The van der Waals surface area contributed by atoms with Crippen LogP contribution >= 0.6 is 16.4 Å². The SMILES string of the molecule is [3H]P(=O)(OOOOOOOOOOOO)OOOOOOOOOOOOP([3H])(=O)OOOOOOOOOOOOOOOOOOOOOOOOO. The molecule has 0 bridgehead atoms. The molecule has 0 rings (SSSR count). The van der Waals surface area contributed by atoms with E-state index in [1.165, 1.54) is 0 Å². The second kappa shape index (κ2) is 46.7. The summed E-state index contributed by atoms with van der Waals surface area (Å²) in [7, 11) is -10.2. The number of hydrogen-bond acceptors (Lipinski definition) is 51. The van der Waals surface area contributed by atoms with Crippen LogP contribution in [0.2, 0.25) is 0 Å². The first-order valence-electron chi connectivity index (χ1n) is 9.69. The zero-order valence-electron chi connectivity index (χ0n) is 23.8. The van der Waals surface area contributed by atoms with Gasteiger partial charge in [0.05, 0.1) is 0 Å².